The van der Waals surface area contributed by atoms with Crippen LogP contribution in [0.25, 0.3) is 10.9 Å². The molecule has 3 N–H and O–H groups in total. The quantitative estimate of drug-likeness (QED) is 0.501. The largest absolute Gasteiger partial charge is 0.376 e. The summed E-state index contributed by atoms with van der Waals surface area (Å²) in [6.45, 7) is 2.17. The van der Waals surface area contributed by atoms with Crippen LogP contribution in [0.2, 0.25) is 0 Å². The number of carbonyl (C=O) groups is 1. The Bertz CT molecular complexity index is 851. The molecule has 0 fully saturated rings. The molecule has 0 unspecified atom stereocenters. The minimum Gasteiger partial charge on any atom is -0.376 e. The molecule has 1 heterocycles. The van der Waals surface area contributed by atoms with E-state index in [-0.39, 0.29) is 12.5 Å². The summed E-state index contributed by atoms with van der Waals surface area (Å²) in [7, 11) is 0. The van der Waals surface area contributed by atoms with Gasteiger partial charge in [-0.3, -0.25) is 4.79 Å². The normalized spacial score (nSPS) is 11.0. The van der Waals surface area contributed by atoms with Gasteiger partial charge >= 0.3 is 0 Å². The van der Waals surface area contributed by atoms with Gasteiger partial charge in [-0.25, -0.2) is 5.43 Å². The third kappa shape index (κ3) is 3.58. The Morgan fingerprint density at radius 1 is 1.17 bits per heavy atom. The number of para-hydroxylation sites is 2. The summed E-state index contributed by atoms with van der Waals surface area (Å²) in [4.78, 5) is 15.0. The molecule has 0 aliphatic heterocycles. The summed E-state index contributed by atoms with van der Waals surface area (Å²) >= 11 is 0. The van der Waals surface area contributed by atoms with E-state index < -0.39 is 0 Å². The molecule has 1 aromatic heterocycles. The first kappa shape index (κ1) is 14.8. The van der Waals surface area contributed by atoms with E-state index >= 15 is 0 Å². The summed E-state index contributed by atoms with van der Waals surface area (Å²) in [6, 6.07) is 15.8. The molecule has 1 amide bonds. The molecule has 0 saturated heterocycles. The van der Waals surface area contributed by atoms with Gasteiger partial charge in [-0.2, -0.15) is 5.10 Å². The number of H-pyrrole nitrogens is 1. The average Bonchev–Trinajstić information content (AvgIpc) is 2.98. The zero-order chi connectivity index (χ0) is 16.1. The highest BCUT2D eigenvalue weighted by Crippen LogP contribution is 2.15. The lowest BCUT2D eigenvalue weighted by molar-refractivity contribution is -0.119. The molecule has 2 aromatic carbocycles. The predicted molar refractivity (Wildman–Crippen MR) is 93.7 cm³/mol. The molecule has 0 spiro atoms. The second-order valence-corrected chi connectivity index (χ2v) is 5.25. The average molecular weight is 306 g/mol. The van der Waals surface area contributed by atoms with E-state index in [1.807, 2.05) is 61.7 Å². The Morgan fingerprint density at radius 3 is 2.83 bits per heavy atom. The van der Waals surface area contributed by atoms with Crippen molar-refractivity contribution in [3.63, 3.8) is 0 Å². The molecule has 116 valence electrons. The van der Waals surface area contributed by atoms with Gasteiger partial charge in [0.2, 0.25) is 0 Å². The summed E-state index contributed by atoms with van der Waals surface area (Å²) in [5, 5.41) is 8.18. The van der Waals surface area contributed by atoms with Gasteiger partial charge in [0.25, 0.3) is 5.91 Å². The highest BCUT2D eigenvalue weighted by atomic mass is 16.2. The smallest absolute Gasteiger partial charge is 0.259 e. The van der Waals surface area contributed by atoms with Crippen molar-refractivity contribution in [3.05, 3.63) is 65.9 Å². The zero-order valence-corrected chi connectivity index (χ0v) is 12.8. The van der Waals surface area contributed by atoms with Gasteiger partial charge in [-0.1, -0.05) is 36.4 Å². The van der Waals surface area contributed by atoms with Crippen LogP contribution in [-0.4, -0.2) is 23.7 Å². The number of hydrogen-bond donors (Lipinski definition) is 3. The van der Waals surface area contributed by atoms with Crippen molar-refractivity contribution < 1.29 is 4.79 Å². The van der Waals surface area contributed by atoms with Gasteiger partial charge in [-0.05, 0) is 24.6 Å². The standard InChI is InChI=1S/C18H18N4O/c1-13-6-2-4-8-16(13)20-12-18(23)22-21-11-14-10-19-17-9-5-3-7-15(14)17/h2-11,19-20H,12H2,1H3,(H,22,23)/b21-11-. The molecular weight excluding hydrogens is 288 g/mol. The van der Waals surface area contributed by atoms with Crippen molar-refractivity contribution in [2.24, 2.45) is 5.10 Å². The maximum absolute atomic E-state index is 11.8. The van der Waals surface area contributed by atoms with Crippen molar-refractivity contribution >= 4 is 28.7 Å². The first-order chi connectivity index (χ1) is 11.2. The summed E-state index contributed by atoms with van der Waals surface area (Å²) < 4.78 is 0. The molecular formula is C18H18N4O. The van der Waals surface area contributed by atoms with Crippen LogP contribution in [0.5, 0.6) is 0 Å². The van der Waals surface area contributed by atoms with Crippen molar-refractivity contribution in [3.8, 4) is 0 Å². The lowest BCUT2D eigenvalue weighted by Crippen LogP contribution is -2.26. The molecule has 3 rings (SSSR count). The van der Waals surface area contributed by atoms with Crippen molar-refractivity contribution in [1.82, 2.24) is 10.4 Å². The van der Waals surface area contributed by atoms with Crippen LogP contribution in [-0.2, 0) is 4.79 Å². The molecule has 23 heavy (non-hydrogen) atoms. The van der Waals surface area contributed by atoms with E-state index in [1.54, 1.807) is 6.21 Å². The van der Waals surface area contributed by atoms with Gasteiger partial charge in [0, 0.05) is 28.4 Å². The second-order valence-electron chi connectivity index (χ2n) is 5.25. The van der Waals surface area contributed by atoms with Gasteiger partial charge in [0.15, 0.2) is 0 Å². The Balaban J connectivity index is 1.55. The van der Waals surface area contributed by atoms with Crippen LogP contribution in [0.4, 0.5) is 5.69 Å². The van der Waals surface area contributed by atoms with Crippen LogP contribution < -0.4 is 10.7 Å². The van der Waals surface area contributed by atoms with Gasteiger partial charge < -0.3 is 10.3 Å². The summed E-state index contributed by atoms with van der Waals surface area (Å²) in [5.41, 5.74) is 6.56. The number of anilines is 1. The molecule has 0 aliphatic rings. The SMILES string of the molecule is Cc1ccccc1NCC(=O)N/N=C\c1c[nH]c2ccccc12. The number of carbonyl (C=O) groups excluding carboxylic acids is 1. The number of benzene rings is 2. The summed E-state index contributed by atoms with van der Waals surface area (Å²) in [5.74, 6) is -0.190. The maximum atomic E-state index is 11.8. The van der Waals surface area contributed by atoms with Crippen LogP contribution in [0.1, 0.15) is 11.1 Å². The molecule has 0 aliphatic carbocycles. The fourth-order valence-corrected chi connectivity index (χ4v) is 2.36. The highest BCUT2D eigenvalue weighted by molar-refractivity contribution is 5.99. The molecule has 0 radical (unpaired) electrons. The van der Waals surface area contributed by atoms with E-state index in [4.69, 9.17) is 0 Å². The monoisotopic (exact) mass is 306 g/mol. The number of aryl methyl sites for hydroxylation is 1. The van der Waals surface area contributed by atoms with E-state index in [0.717, 1.165) is 27.7 Å². The van der Waals surface area contributed by atoms with Crippen LogP contribution in [0.15, 0.2) is 59.8 Å². The third-order valence-electron chi connectivity index (χ3n) is 3.60. The Labute approximate surface area is 134 Å². The van der Waals surface area contributed by atoms with Crippen molar-refractivity contribution in [2.75, 3.05) is 11.9 Å². The predicted octanol–water partition coefficient (Wildman–Crippen LogP) is 3.04. The number of aromatic nitrogens is 1. The van der Waals surface area contributed by atoms with E-state index in [0.29, 0.717) is 0 Å². The molecule has 5 nitrogen and oxygen atoms in total. The number of amides is 1. The zero-order valence-electron chi connectivity index (χ0n) is 12.8. The Kier molecular flexibility index (Phi) is 4.38. The van der Waals surface area contributed by atoms with Gasteiger partial charge in [0.1, 0.15) is 0 Å². The van der Waals surface area contributed by atoms with Crippen LogP contribution >= 0.6 is 0 Å². The Hall–Kier alpha value is -3.08. The molecule has 0 atom stereocenters. The van der Waals surface area contributed by atoms with E-state index in [1.165, 1.54) is 0 Å². The molecule has 0 saturated carbocycles. The minimum atomic E-state index is -0.190. The number of nitrogens with zero attached hydrogens (tertiary/aromatic N) is 1. The van der Waals surface area contributed by atoms with Crippen molar-refractivity contribution in [1.29, 1.82) is 0 Å². The fraction of sp³-hybridized carbons (Fsp3) is 0.111. The number of aromatic amines is 1. The third-order valence-corrected chi connectivity index (χ3v) is 3.60. The summed E-state index contributed by atoms with van der Waals surface area (Å²) in [6.07, 6.45) is 3.51. The number of rotatable bonds is 5. The lowest BCUT2D eigenvalue weighted by Gasteiger charge is -2.07. The van der Waals surface area contributed by atoms with Crippen LogP contribution in [0, 0.1) is 6.92 Å². The Morgan fingerprint density at radius 2 is 1.96 bits per heavy atom. The van der Waals surface area contributed by atoms with Crippen molar-refractivity contribution in [2.45, 2.75) is 6.92 Å². The fourth-order valence-electron chi connectivity index (χ4n) is 2.36. The molecule has 5 heteroatoms. The number of hydrazone groups is 1. The lowest BCUT2D eigenvalue weighted by atomic mass is 10.2. The minimum absolute atomic E-state index is 0.177. The van der Waals surface area contributed by atoms with Crippen LogP contribution in [0.3, 0.4) is 0 Å². The first-order valence-electron chi connectivity index (χ1n) is 7.41. The van der Waals surface area contributed by atoms with Gasteiger partial charge in [-0.15, -0.1) is 0 Å². The van der Waals surface area contributed by atoms with E-state index in [9.17, 15) is 4.79 Å². The first-order valence-corrected chi connectivity index (χ1v) is 7.41. The molecule has 0 bridgehead atoms. The number of nitrogens with one attached hydrogen (secondary N) is 3. The molecule has 3 aromatic rings. The van der Waals surface area contributed by atoms with Gasteiger partial charge in [0.05, 0.1) is 12.8 Å². The van der Waals surface area contributed by atoms with E-state index in [2.05, 4.69) is 20.8 Å². The highest BCUT2D eigenvalue weighted by Gasteiger charge is 2.02. The topological polar surface area (TPSA) is 69.3 Å². The number of fused-ring (bicyclic) bond motifs is 1. The number of hydrogen-bond acceptors (Lipinski definition) is 3. The second kappa shape index (κ2) is 6.79. The maximum Gasteiger partial charge on any atom is 0.259 e.